The van der Waals surface area contributed by atoms with Gasteiger partial charge in [0.2, 0.25) is 5.78 Å². The zero-order valence-electron chi connectivity index (χ0n) is 17.2. The van der Waals surface area contributed by atoms with Crippen LogP contribution in [0.25, 0.3) is 0 Å². The van der Waals surface area contributed by atoms with E-state index in [2.05, 4.69) is 26.0 Å². The predicted molar refractivity (Wildman–Crippen MR) is 111 cm³/mol. The average molecular weight is 455 g/mol. The van der Waals surface area contributed by atoms with Crippen LogP contribution >= 0.6 is 0 Å². The summed E-state index contributed by atoms with van der Waals surface area (Å²) in [7, 11) is -4.12. The number of hydrogen-bond donors (Lipinski definition) is 4. The van der Waals surface area contributed by atoms with Crippen molar-refractivity contribution in [1.82, 2.24) is 9.97 Å². The molecule has 2 aromatic heterocycles. The Hall–Kier alpha value is -2.64. The predicted octanol–water partition coefficient (Wildman–Crippen LogP) is 0.929. The van der Waals surface area contributed by atoms with Crippen molar-refractivity contribution in [2.24, 2.45) is 11.1 Å². The second-order valence-corrected chi connectivity index (χ2v) is 8.22. The molecule has 1 unspecified atom stereocenters. The van der Waals surface area contributed by atoms with E-state index < -0.39 is 34.2 Å². The number of ketones is 1. The second-order valence-electron chi connectivity index (χ2n) is 7.00. The van der Waals surface area contributed by atoms with E-state index >= 15 is 0 Å². The number of anilines is 1. The van der Waals surface area contributed by atoms with Gasteiger partial charge in [-0.1, -0.05) is 13.5 Å². The SMILES string of the molecule is C=C(C)C(O)c1coc(C(=O)c2cncnc2NC[C@H](O)[C@H](CC)COS(N)(=O)=O)c1. The maximum Gasteiger partial charge on any atom is 0.333 e. The van der Waals surface area contributed by atoms with E-state index in [9.17, 15) is 23.4 Å². The number of nitrogens with two attached hydrogens (primary N) is 1. The number of nitrogens with one attached hydrogen (secondary N) is 1. The number of hydrogen-bond acceptors (Lipinski definition) is 10. The smallest absolute Gasteiger partial charge is 0.333 e. The number of nitrogens with zero attached hydrogens (tertiary/aromatic N) is 2. The van der Waals surface area contributed by atoms with Gasteiger partial charge >= 0.3 is 10.3 Å². The van der Waals surface area contributed by atoms with Gasteiger partial charge in [0.05, 0.1) is 24.5 Å². The molecule has 5 N–H and O–H groups in total. The molecule has 3 atom stereocenters. The molecule has 0 amide bonds. The molecular weight excluding hydrogens is 428 g/mol. The third-order valence-electron chi connectivity index (χ3n) is 4.58. The average Bonchev–Trinajstić information content (AvgIpc) is 3.21. The van der Waals surface area contributed by atoms with Crippen LogP contribution in [-0.2, 0) is 14.5 Å². The third-order valence-corrected chi connectivity index (χ3v) is 5.04. The monoisotopic (exact) mass is 454 g/mol. The summed E-state index contributed by atoms with van der Waals surface area (Å²) in [4.78, 5) is 20.7. The summed E-state index contributed by atoms with van der Waals surface area (Å²) >= 11 is 0. The van der Waals surface area contributed by atoms with Crippen molar-refractivity contribution in [2.75, 3.05) is 18.5 Å². The van der Waals surface area contributed by atoms with Crippen LogP contribution in [0.4, 0.5) is 5.82 Å². The molecule has 0 saturated heterocycles. The van der Waals surface area contributed by atoms with E-state index in [1.54, 1.807) is 13.8 Å². The Morgan fingerprint density at radius 2 is 2.13 bits per heavy atom. The highest BCUT2D eigenvalue weighted by atomic mass is 32.2. The van der Waals surface area contributed by atoms with Crippen molar-refractivity contribution in [3.63, 3.8) is 0 Å². The molecule has 0 aromatic carbocycles. The highest BCUT2D eigenvalue weighted by Crippen LogP contribution is 2.24. The fourth-order valence-corrected chi connectivity index (χ4v) is 3.08. The molecule has 0 saturated carbocycles. The molecule has 31 heavy (non-hydrogen) atoms. The quantitative estimate of drug-likeness (QED) is 0.266. The molecule has 11 nitrogen and oxygen atoms in total. The van der Waals surface area contributed by atoms with E-state index in [-0.39, 0.29) is 30.3 Å². The first-order chi connectivity index (χ1) is 14.5. The lowest BCUT2D eigenvalue weighted by molar-refractivity contribution is 0.0839. The Morgan fingerprint density at radius 1 is 1.42 bits per heavy atom. The highest BCUT2D eigenvalue weighted by molar-refractivity contribution is 7.84. The lowest BCUT2D eigenvalue weighted by Crippen LogP contribution is -2.33. The number of aliphatic hydroxyl groups is 2. The van der Waals surface area contributed by atoms with Crippen LogP contribution in [0, 0.1) is 5.92 Å². The van der Waals surface area contributed by atoms with Crippen LogP contribution in [0.5, 0.6) is 0 Å². The van der Waals surface area contributed by atoms with Crippen LogP contribution in [-0.4, -0.2) is 53.6 Å². The molecule has 0 aliphatic rings. The first-order valence-electron chi connectivity index (χ1n) is 9.39. The zero-order valence-corrected chi connectivity index (χ0v) is 18.0. The van der Waals surface area contributed by atoms with Gasteiger partial charge in [0.15, 0.2) is 5.76 Å². The number of rotatable bonds is 12. The van der Waals surface area contributed by atoms with Crippen molar-refractivity contribution in [3.8, 4) is 0 Å². The van der Waals surface area contributed by atoms with E-state index in [1.165, 1.54) is 24.9 Å². The number of aromatic nitrogens is 2. The topological polar surface area (TPSA) is 178 Å². The highest BCUT2D eigenvalue weighted by Gasteiger charge is 2.23. The van der Waals surface area contributed by atoms with Gasteiger partial charge in [-0.2, -0.15) is 8.42 Å². The fourth-order valence-electron chi connectivity index (χ4n) is 2.72. The minimum Gasteiger partial charge on any atom is -0.460 e. The summed E-state index contributed by atoms with van der Waals surface area (Å²) in [5.41, 5.74) is 0.976. The molecule has 12 heteroatoms. The lowest BCUT2D eigenvalue weighted by atomic mass is 10.0. The van der Waals surface area contributed by atoms with Gasteiger partial charge in [-0.25, -0.2) is 15.1 Å². The number of carbonyl (C=O) groups excluding carboxylic acids is 1. The molecule has 0 aliphatic carbocycles. The van der Waals surface area contributed by atoms with Crippen molar-refractivity contribution < 1.29 is 32.0 Å². The molecule has 170 valence electrons. The molecule has 0 bridgehead atoms. The van der Waals surface area contributed by atoms with Gasteiger partial charge < -0.3 is 19.9 Å². The summed E-state index contributed by atoms with van der Waals surface area (Å²) in [6.45, 7) is 6.75. The minimum atomic E-state index is -4.12. The molecule has 0 fully saturated rings. The van der Waals surface area contributed by atoms with Gasteiger partial charge in [-0.3, -0.25) is 8.98 Å². The summed E-state index contributed by atoms with van der Waals surface area (Å²) in [5, 5.41) is 28.1. The van der Waals surface area contributed by atoms with E-state index in [0.29, 0.717) is 17.6 Å². The summed E-state index contributed by atoms with van der Waals surface area (Å²) in [5.74, 6) is -0.924. The van der Waals surface area contributed by atoms with Crippen LogP contribution in [0.15, 0.2) is 41.4 Å². The van der Waals surface area contributed by atoms with Crippen LogP contribution < -0.4 is 10.5 Å². The Labute approximate surface area is 180 Å². The van der Waals surface area contributed by atoms with Gasteiger partial charge in [-0.15, -0.1) is 0 Å². The number of furan rings is 1. The molecule has 2 rings (SSSR count). The van der Waals surface area contributed by atoms with Gasteiger partial charge in [0.1, 0.15) is 18.2 Å². The fraction of sp³-hybridized carbons (Fsp3) is 0.421. The minimum absolute atomic E-state index is 0.0262. The normalized spacial score (nSPS) is 14.6. The zero-order chi connectivity index (χ0) is 23.2. The van der Waals surface area contributed by atoms with E-state index in [0.717, 1.165) is 0 Å². The maximum absolute atomic E-state index is 12.8. The molecule has 0 aliphatic heterocycles. The first kappa shape index (κ1) is 24.6. The van der Waals surface area contributed by atoms with Gasteiger partial charge in [0.25, 0.3) is 0 Å². The largest absolute Gasteiger partial charge is 0.460 e. The van der Waals surface area contributed by atoms with Crippen molar-refractivity contribution >= 4 is 21.9 Å². The molecule has 2 heterocycles. The van der Waals surface area contributed by atoms with Gasteiger partial charge in [-0.05, 0) is 25.0 Å². The van der Waals surface area contributed by atoms with Gasteiger partial charge in [0, 0.05) is 24.2 Å². The van der Waals surface area contributed by atoms with E-state index in [1.807, 2.05) is 0 Å². The van der Waals surface area contributed by atoms with Crippen molar-refractivity contribution in [3.05, 3.63) is 53.9 Å². The summed E-state index contributed by atoms with van der Waals surface area (Å²) in [6.07, 6.45) is 2.24. The van der Waals surface area contributed by atoms with Crippen molar-refractivity contribution in [1.29, 1.82) is 0 Å². The van der Waals surface area contributed by atoms with Crippen LogP contribution in [0.2, 0.25) is 0 Å². The molecule has 2 aromatic rings. The Morgan fingerprint density at radius 3 is 2.74 bits per heavy atom. The number of carbonyl (C=O) groups is 1. The van der Waals surface area contributed by atoms with Crippen LogP contribution in [0.3, 0.4) is 0 Å². The third kappa shape index (κ3) is 6.94. The Balaban J connectivity index is 2.11. The lowest BCUT2D eigenvalue weighted by Gasteiger charge is -2.21. The van der Waals surface area contributed by atoms with Crippen LogP contribution in [0.1, 0.15) is 48.1 Å². The maximum atomic E-state index is 12.8. The standard InChI is InChI=1S/C19H26N4O7S/c1-4-12(9-30-31(20,27)28)15(24)7-22-19-14(6-21-10-23-19)18(26)16-5-13(8-29-16)17(25)11(2)3/h5-6,8,10,12,15,17,24-25H,2,4,7,9H2,1,3H3,(H2,20,27,28)(H,21,22,23)/t12-,15+,17?/m1/s1. The Bertz CT molecular complexity index is 1020. The number of aliphatic hydroxyl groups excluding tert-OH is 2. The first-order valence-corrected chi connectivity index (χ1v) is 10.9. The molecule has 0 spiro atoms. The van der Waals surface area contributed by atoms with E-state index in [4.69, 9.17) is 9.56 Å². The Kier molecular flexibility index (Phi) is 8.42. The summed E-state index contributed by atoms with van der Waals surface area (Å²) in [6, 6.07) is 1.41. The second kappa shape index (κ2) is 10.6. The van der Waals surface area contributed by atoms with Crippen molar-refractivity contribution in [2.45, 2.75) is 32.5 Å². The summed E-state index contributed by atoms with van der Waals surface area (Å²) < 4.78 is 31.8. The molecule has 0 radical (unpaired) electrons. The molecular formula is C19H26N4O7S.